The molecule has 3 aromatic rings. The Morgan fingerprint density at radius 1 is 1.00 bits per heavy atom. The molecule has 4 rings (SSSR count). The molecule has 1 aliphatic heterocycles. The molecular weight excluding hydrogens is 438 g/mol. The average molecular weight is 470 g/mol. The Hall–Kier alpha value is -2.99. The number of hydrogen-bond acceptors (Lipinski definition) is 4. The zero-order valence-electron chi connectivity index (χ0n) is 20.4. The number of rotatable bonds is 4. The van der Waals surface area contributed by atoms with Gasteiger partial charge in [0.15, 0.2) is 11.5 Å². The van der Waals surface area contributed by atoms with Gasteiger partial charge >= 0.3 is 5.69 Å². The van der Waals surface area contributed by atoms with Crippen LogP contribution in [0.15, 0.2) is 40.1 Å². The lowest BCUT2D eigenvalue weighted by atomic mass is 9.91. The van der Waals surface area contributed by atoms with Gasteiger partial charge in [0.2, 0.25) is 0 Å². The van der Waals surface area contributed by atoms with Gasteiger partial charge in [0, 0.05) is 24.7 Å². The molecule has 7 heteroatoms. The van der Waals surface area contributed by atoms with Gasteiger partial charge in [-0.15, -0.1) is 12.4 Å². The standard InChI is InChI=1S/C26H31N3O3.ClH/c1-8-19-11-18-12-22(31-6)23(32-7)13-20(18)21-14-24(28(5)26(30)29(19)21)27-25-16(3)9-15(2)10-17(25)4;/h9-10,12-14,19H,8,11H2,1-7H3;1H/t19-;/m1./s1. The Balaban J connectivity index is 0.00000306. The Bertz CT molecular complexity index is 1310. The monoisotopic (exact) mass is 469 g/mol. The minimum atomic E-state index is -0.0593. The highest BCUT2D eigenvalue weighted by Crippen LogP contribution is 2.40. The van der Waals surface area contributed by atoms with E-state index in [4.69, 9.17) is 14.5 Å². The normalized spacial score (nSPS) is 14.9. The summed E-state index contributed by atoms with van der Waals surface area (Å²) in [5.41, 5.74) is 7.88. The molecule has 0 radical (unpaired) electrons. The highest BCUT2D eigenvalue weighted by atomic mass is 35.5. The lowest BCUT2D eigenvalue weighted by molar-refractivity contribution is 0.353. The number of methoxy groups -OCH3 is 2. The van der Waals surface area contributed by atoms with E-state index in [0.717, 1.165) is 46.5 Å². The van der Waals surface area contributed by atoms with Gasteiger partial charge in [0.05, 0.1) is 25.6 Å². The fraction of sp³-hybridized carbons (Fsp3) is 0.385. The largest absolute Gasteiger partial charge is 0.493 e. The lowest BCUT2D eigenvalue weighted by Gasteiger charge is -2.30. The molecule has 0 saturated heterocycles. The summed E-state index contributed by atoms with van der Waals surface area (Å²) in [7, 11) is 5.07. The van der Waals surface area contributed by atoms with Crippen LogP contribution in [0.5, 0.6) is 11.5 Å². The van der Waals surface area contributed by atoms with Crippen molar-refractivity contribution >= 4 is 18.1 Å². The molecule has 2 aromatic carbocycles. The molecule has 0 saturated carbocycles. The minimum Gasteiger partial charge on any atom is -0.493 e. The maximum absolute atomic E-state index is 13.5. The first-order valence-electron chi connectivity index (χ1n) is 11.0. The first-order chi connectivity index (χ1) is 15.3. The van der Waals surface area contributed by atoms with E-state index in [1.165, 1.54) is 5.56 Å². The second kappa shape index (κ2) is 9.48. The van der Waals surface area contributed by atoms with Crippen molar-refractivity contribution in [1.29, 1.82) is 0 Å². The molecule has 0 amide bonds. The number of aryl methyl sites for hydroxylation is 3. The fourth-order valence-electron chi connectivity index (χ4n) is 4.78. The molecule has 0 unspecified atom stereocenters. The highest BCUT2D eigenvalue weighted by molar-refractivity contribution is 5.85. The van der Waals surface area contributed by atoms with E-state index in [9.17, 15) is 4.79 Å². The third kappa shape index (κ3) is 4.20. The van der Waals surface area contributed by atoms with Gasteiger partial charge in [-0.1, -0.05) is 24.6 Å². The van der Waals surface area contributed by atoms with Crippen LogP contribution in [0.25, 0.3) is 11.3 Å². The summed E-state index contributed by atoms with van der Waals surface area (Å²) in [6, 6.07) is 10.3. The summed E-state index contributed by atoms with van der Waals surface area (Å²) in [5, 5.41) is 0. The first-order valence-corrected chi connectivity index (χ1v) is 11.0. The SMILES string of the molecule is CC[C@@H]1Cc2cc(OC)c(OC)cc2-c2cc(=Nc3c(C)cc(C)cc3C)n(C)c(=O)n21.Cl. The molecule has 0 N–H and O–H groups in total. The van der Waals surface area contributed by atoms with Crippen LogP contribution in [-0.2, 0) is 13.5 Å². The molecule has 1 aromatic heterocycles. The van der Waals surface area contributed by atoms with E-state index < -0.39 is 0 Å². The maximum Gasteiger partial charge on any atom is 0.330 e. The minimum absolute atomic E-state index is 0. The van der Waals surface area contributed by atoms with Gasteiger partial charge in [-0.25, -0.2) is 9.79 Å². The van der Waals surface area contributed by atoms with Gasteiger partial charge in [0.1, 0.15) is 5.49 Å². The number of hydrogen-bond donors (Lipinski definition) is 0. The average Bonchev–Trinajstić information content (AvgIpc) is 2.77. The second-order valence-electron chi connectivity index (χ2n) is 8.59. The Kier molecular flexibility index (Phi) is 7.08. The van der Waals surface area contributed by atoms with Crippen LogP contribution in [0.3, 0.4) is 0 Å². The van der Waals surface area contributed by atoms with Crippen LogP contribution in [0.1, 0.15) is 41.6 Å². The number of benzene rings is 2. The van der Waals surface area contributed by atoms with E-state index in [-0.39, 0.29) is 24.1 Å². The van der Waals surface area contributed by atoms with Crippen molar-refractivity contribution in [3.05, 3.63) is 68.6 Å². The molecule has 1 aliphatic rings. The first kappa shape index (κ1) is 24.6. The van der Waals surface area contributed by atoms with Crippen molar-refractivity contribution in [3.63, 3.8) is 0 Å². The van der Waals surface area contributed by atoms with Crippen LogP contribution in [0, 0.1) is 20.8 Å². The smallest absolute Gasteiger partial charge is 0.330 e. The Morgan fingerprint density at radius 2 is 1.61 bits per heavy atom. The molecule has 0 bridgehead atoms. The molecule has 1 atom stereocenters. The summed E-state index contributed by atoms with van der Waals surface area (Å²) >= 11 is 0. The summed E-state index contributed by atoms with van der Waals surface area (Å²) in [6.07, 6.45) is 1.62. The van der Waals surface area contributed by atoms with Crippen molar-refractivity contribution in [2.45, 2.75) is 46.6 Å². The van der Waals surface area contributed by atoms with Gasteiger partial charge in [-0.3, -0.25) is 9.13 Å². The van der Waals surface area contributed by atoms with E-state index in [2.05, 4.69) is 39.8 Å². The van der Waals surface area contributed by atoms with Gasteiger partial charge < -0.3 is 9.47 Å². The van der Waals surface area contributed by atoms with Gasteiger partial charge in [0.25, 0.3) is 0 Å². The zero-order chi connectivity index (χ0) is 23.2. The fourth-order valence-corrected chi connectivity index (χ4v) is 4.78. The van der Waals surface area contributed by atoms with Crippen LogP contribution in [-0.4, -0.2) is 23.4 Å². The molecule has 176 valence electrons. The summed E-state index contributed by atoms with van der Waals surface area (Å²) in [4.78, 5) is 18.5. The summed E-state index contributed by atoms with van der Waals surface area (Å²) in [6.45, 7) is 8.32. The predicted octanol–water partition coefficient (Wildman–Crippen LogP) is 4.96. The van der Waals surface area contributed by atoms with Crippen molar-refractivity contribution in [3.8, 4) is 22.8 Å². The highest BCUT2D eigenvalue weighted by Gasteiger charge is 2.27. The van der Waals surface area contributed by atoms with Crippen LogP contribution in [0.4, 0.5) is 5.69 Å². The van der Waals surface area contributed by atoms with Gasteiger partial charge in [-0.05, 0) is 62.4 Å². The topological polar surface area (TPSA) is 57.8 Å². The van der Waals surface area contributed by atoms with E-state index in [1.807, 2.05) is 22.8 Å². The summed E-state index contributed by atoms with van der Waals surface area (Å²) < 4.78 is 14.6. The van der Waals surface area contributed by atoms with Crippen molar-refractivity contribution in [2.24, 2.45) is 12.0 Å². The third-order valence-electron chi connectivity index (χ3n) is 6.40. The number of halogens is 1. The van der Waals surface area contributed by atoms with Crippen molar-refractivity contribution in [2.75, 3.05) is 14.2 Å². The molecular formula is C26H32ClN3O3. The lowest BCUT2D eigenvalue weighted by Crippen LogP contribution is -2.42. The number of ether oxygens (including phenoxy) is 2. The molecule has 0 spiro atoms. The van der Waals surface area contributed by atoms with Crippen molar-refractivity contribution in [1.82, 2.24) is 9.13 Å². The molecule has 2 heterocycles. The van der Waals surface area contributed by atoms with Crippen LogP contribution < -0.4 is 20.7 Å². The number of nitrogens with zero attached hydrogens (tertiary/aromatic N) is 3. The molecule has 33 heavy (non-hydrogen) atoms. The van der Waals surface area contributed by atoms with Gasteiger partial charge in [-0.2, -0.15) is 0 Å². The summed E-state index contributed by atoms with van der Waals surface area (Å²) in [5.74, 6) is 1.35. The second-order valence-corrected chi connectivity index (χ2v) is 8.59. The number of fused-ring (bicyclic) bond motifs is 3. The Labute approximate surface area is 200 Å². The zero-order valence-corrected chi connectivity index (χ0v) is 21.2. The van der Waals surface area contributed by atoms with E-state index in [1.54, 1.807) is 25.8 Å². The molecule has 0 aliphatic carbocycles. The van der Waals surface area contributed by atoms with Crippen molar-refractivity contribution < 1.29 is 9.47 Å². The van der Waals surface area contributed by atoms with Crippen LogP contribution in [0.2, 0.25) is 0 Å². The van der Waals surface area contributed by atoms with Crippen LogP contribution >= 0.6 is 12.4 Å². The van der Waals surface area contributed by atoms with E-state index in [0.29, 0.717) is 17.0 Å². The Morgan fingerprint density at radius 3 is 2.18 bits per heavy atom. The maximum atomic E-state index is 13.5. The predicted molar refractivity (Wildman–Crippen MR) is 134 cm³/mol. The van der Waals surface area contributed by atoms with E-state index >= 15 is 0 Å². The third-order valence-corrected chi connectivity index (χ3v) is 6.40. The number of aromatic nitrogens is 2. The molecule has 6 nitrogen and oxygen atoms in total. The quantitative estimate of drug-likeness (QED) is 0.542. The molecule has 0 fully saturated rings.